The van der Waals surface area contributed by atoms with Crippen LogP contribution in [0.15, 0.2) is 11.3 Å². The molecule has 1 aliphatic heterocycles. The van der Waals surface area contributed by atoms with Crippen LogP contribution in [0.3, 0.4) is 0 Å². The van der Waals surface area contributed by atoms with Gasteiger partial charge in [-0.3, -0.25) is 0 Å². The quantitative estimate of drug-likeness (QED) is 0.587. The lowest BCUT2D eigenvalue weighted by molar-refractivity contribution is 0.304. The maximum atomic E-state index is 11.2. The summed E-state index contributed by atoms with van der Waals surface area (Å²) in [6.07, 6.45) is 0. The fourth-order valence-electron chi connectivity index (χ4n) is 1.38. The van der Waals surface area contributed by atoms with Gasteiger partial charge in [0.25, 0.3) is 0 Å². The van der Waals surface area contributed by atoms with Gasteiger partial charge in [-0.05, 0) is 33.5 Å². The highest BCUT2D eigenvalue weighted by atomic mass is 32.2. The first kappa shape index (κ1) is 10.5. The van der Waals surface area contributed by atoms with E-state index in [0.717, 1.165) is 5.57 Å². The molecule has 0 fully saturated rings. The van der Waals surface area contributed by atoms with Crippen molar-refractivity contribution in [3.63, 3.8) is 0 Å². The fourth-order valence-corrected chi connectivity index (χ4v) is 2.89. The Bertz CT molecular complexity index is 329. The molecule has 0 saturated carbocycles. The second-order valence-electron chi connectivity index (χ2n) is 3.53. The maximum absolute atomic E-state index is 11.2. The molecule has 0 N–H and O–H groups in total. The van der Waals surface area contributed by atoms with E-state index in [9.17, 15) is 8.42 Å². The van der Waals surface area contributed by atoms with Crippen LogP contribution in [0.1, 0.15) is 13.8 Å². The van der Waals surface area contributed by atoms with Gasteiger partial charge < -0.3 is 9.08 Å². The van der Waals surface area contributed by atoms with Crippen LogP contribution in [0.25, 0.3) is 0 Å². The average molecular weight is 205 g/mol. The predicted molar refractivity (Wildman–Crippen MR) is 50.7 cm³/mol. The lowest BCUT2D eigenvalue weighted by Crippen LogP contribution is -2.39. The Morgan fingerprint density at radius 3 is 2.38 bits per heavy atom. The van der Waals surface area contributed by atoms with Gasteiger partial charge in [-0.1, -0.05) is 0 Å². The first-order valence-electron chi connectivity index (χ1n) is 4.09. The Morgan fingerprint density at radius 1 is 1.38 bits per heavy atom. The molecule has 0 spiro atoms. The third-order valence-electron chi connectivity index (χ3n) is 2.29. The minimum absolute atomic E-state index is 0.0448. The van der Waals surface area contributed by atoms with Gasteiger partial charge in [0.2, 0.25) is 0 Å². The summed E-state index contributed by atoms with van der Waals surface area (Å²) in [5.74, 6) is 0.549. The molecule has 1 atom stereocenters. The minimum Gasteiger partial charge on any atom is -0.387 e. The summed E-state index contributed by atoms with van der Waals surface area (Å²) in [5.41, 5.74) is 0.986. The van der Waals surface area contributed by atoms with Crippen LogP contribution in [0.5, 0.6) is 0 Å². The number of hydrogen-bond donors (Lipinski definition) is 0. The van der Waals surface area contributed by atoms with Gasteiger partial charge in [-0.2, -0.15) is 8.42 Å². The zero-order chi connectivity index (χ0) is 10.2. The molecule has 0 bridgehead atoms. The van der Waals surface area contributed by atoms with Gasteiger partial charge >= 0.3 is 10.1 Å². The second-order valence-corrected chi connectivity index (χ2v) is 5.14. The number of allylic oxidation sites excluding steroid dienone is 1. The van der Waals surface area contributed by atoms with Crippen LogP contribution in [0, 0.1) is 0 Å². The van der Waals surface area contributed by atoms with Crippen LogP contribution in [0.2, 0.25) is 0 Å². The summed E-state index contributed by atoms with van der Waals surface area (Å²) < 4.78 is 27.3. The van der Waals surface area contributed by atoms with Crippen LogP contribution in [-0.4, -0.2) is 39.2 Å². The molecule has 1 aliphatic rings. The van der Waals surface area contributed by atoms with Crippen molar-refractivity contribution in [1.29, 1.82) is 0 Å². The van der Waals surface area contributed by atoms with Crippen molar-refractivity contribution in [2.24, 2.45) is 0 Å². The van der Waals surface area contributed by atoms with Crippen molar-refractivity contribution in [2.45, 2.75) is 19.9 Å². The SMILES string of the molecule is CC1=C(C)[C@H](N(C)C)CS(=O)(=O)O1. The van der Waals surface area contributed by atoms with E-state index in [1.54, 1.807) is 6.92 Å². The van der Waals surface area contributed by atoms with Crippen molar-refractivity contribution in [2.75, 3.05) is 19.8 Å². The molecule has 1 heterocycles. The zero-order valence-corrected chi connectivity index (χ0v) is 9.18. The van der Waals surface area contributed by atoms with Gasteiger partial charge in [0.15, 0.2) is 0 Å². The Balaban J connectivity index is 3.06. The molecule has 0 amide bonds. The van der Waals surface area contributed by atoms with Gasteiger partial charge in [-0.15, -0.1) is 0 Å². The van der Waals surface area contributed by atoms with E-state index < -0.39 is 10.1 Å². The van der Waals surface area contributed by atoms with Gasteiger partial charge in [0.1, 0.15) is 11.5 Å². The zero-order valence-electron chi connectivity index (χ0n) is 8.36. The first-order valence-corrected chi connectivity index (χ1v) is 5.67. The fraction of sp³-hybridized carbons (Fsp3) is 0.750. The molecule has 0 aliphatic carbocycles. The van der Waals surface area contributed by atoms with Crippen molar-refractivity contribution in [3.8, 4) is 0 Å². The lowest BCUT2D eigenvalue weighted by atomic mass is 10.1. The summed E-state index contributed by atoms with van der Waals surface area (Å²) in [6.45, 7) is 3.58. The summed E-state index contributed by atoms with van der Waals surface area (Å²) in [4.78, 5) is 1.89. The molecule has 0 aromatic heterocycles. The van der Waals surface area contributed by atoms with Gasteiger partial charge in [0.05, 0.1) is 6.04 Å². The van der Waals surface area contributed by atoms with Gasteiger partial charge in [0, 0.05) is 0 Å². The Morgan fingerprint density at radius 2 is 1.92 bits per heavy atom. The molecule has 0 radical (unpaired) electrons. The van der Waals surface area contributed by atoms with Crippen molar-refractivity contribution >= 4 is 10.1 Å². The molecule has 4 nitrogen and oxygen atoms in total. The van der Waals surface area contributed by atoms with E-state index in [-0.39, 0.29) is 11.8 Å². The van der Waals surface area contributed by atoms with E-state index in [4.69, 9.17) is 4.18 Å². The highest BCUT2D eigenvalue weighted by Gasteiger charge is 2.30. The Hall–Kier alpha value is -0.550. The standard InChI is InChI=1S/C8H15NO3S/c1-6-7(2)12-13(10,11)5-8(6)9(3)4/h8H,5H2,1-4H3/t8-/m1/s1. The summed E-state index contributed by atoms with van der Waals surface area (Å²) in [6, 6.07) is -0.0567. The van der Waals surface area contributed by atoms with E-state index in [0.29, 0.717) is 5.76 Å². The molecular formula is C8H15NO3S. The molecule has 0 aromatic carbocycles. The number of likely N-dealkylation sites (N-methyl/N-ethyl adjacent to an activating group) is 1. The molecule has 0 saturated heterocycles. The highest BCUT2D eigenvalue weighted by molar-refractivity contribution is 7.86. The maximum Gasteiger partial charge on any atom is 0.310 e. The number of hydrogen-bond acceptors (Lipinski definition) is 4. The van der Waals surface area contributed by atoms with Crippen molar-refractivity contribution in [3.05, 3.63) is 11.3 Å². The minimum atomic E-state index is -3.36. The highest BCUT2D eigenvalue weighted by Crippen LogP contribution is 2.23. The Labute approximate surface area is 79.3 Å². The van der Waals surface area contributed by atoms with Crippen LogP contribution in [0.4, 0.5) is 0 Å². The summed E-state index contributed by atoms with van der Waals surface area (Å²) >= 11 is 0. The first-order chi connectivity index (χ1) is 5.83. The normalized spacial score (nSPS) is 27.6. The van der Waals surface area contributed by atoms with Crippen LogP contribution >= 0.6 is 0 Å². The third kappa shape index (κ3) is 2.22. The van der Waals surface area contributed by atoms with Crippen molar-refractivity contribution in [1.82, 2.24) is 4.90 Å². The van der Waals surface area contributed by atoms with E-state index in [1.807, 2.05) is 25.9 Å². The average Bonchev–Trinajstić information content (AvgIpc) is 1.95. The number of rotatable bonds is 1. The molecule has 5 heteroatoms. The molecule has 0 aromatic rings. The summed E-state index contributed by atoms with van der Waals surface area (Å²) in [7, 11) is 0.368. The Kier molecular flexibility index (Phi) is 2.68. The lowest BCUT2D eigenvalue weighted by Gasteiger charge is -2.29. The smallest absolute Gasteiger partial charge is 0.310 e. The molecule has 0 unspecified atom stereocenters. The molecule has 76 valence electrons. The largest absolute Gasteiger partial charge is 0.387 e. The van der Waals surface area contributed by atoms with E-state index in [1.165, 1.54) is 0 Å². The van der Waals surface area contributed by atoms with E-state index >= 15 is 0 Å². The van der Waals surface area contributed by atoms with Gasteiger partial charge in [-0.25, -0.2) is 0 Å². The van der Waals surface area contributed by atoms with Crippen molar-refractivity contribution < 1.29 is 12.6 Å². The monoisotopic (exact) mass is 205 g/mol. The summed E-state index contributed by atoms with van der Waals surface area (Å²) in [5, 5.41) is 0. The third-order valence-corrected chi connectivity index (χ3v) is 3.52. The second kappa shape index (κ2) is 3.31. The number of nitrogens with zero attached hydrogens (tertiary/aromatic N) is 1. The van der Waals surface area contributed by atoms with Crippen LogP contribution in [-0.2, 0) is 14.3 Å². The van der Waals surface area contributed by atoms with E-state index in [2.05, 4.69) is 0 Å². The van der Waals surface area contributed by atoms with Crippen LogP contribution < -0.4 is 0 Å². The predicted octanol–water partition coefficient (Wildman–Crippen LogP) is 0.571. The molecule has 1 rings (SSSR count). The molecule has 13 heavy (non-hydrogen) atoms. The molecular weight excluding hydrogens is 190 g/mol. The topological polar surface area (TPSA) is 46.6 Å².